The second-order valence-corrected chi connectivity index (χ2v) is 3.71. The van der Waals surface area contributed by atoms with Crippen LogP contribution in [-0.2, 0) is 0 Å². The molecule has 0 amide bonds. The van der Waals surface area contributed by atoms with Crippen LogP contribution in [0.2, 0.25) is 0 Å². The topological polar surface area (TPSA) is 40.5 Å². The Morgan fingerprint density at radius 1 is 1.50 bits per heavy atom. The molecule has 0 spiro atoms. The van der Waals surface area contributed by atoms with Crippen molar-refractivity contribution in [1.29, 1.82) is 0 Å². The average Bonchev–Trinajstić information content (AvgIpc) is 2.67. The summed E-state index contributed by atoms with van der Waals surface area (Å²) in [6, 6.07) is 0. The maximum atomic E-state index is 12.9. The number of alkyl halides is 2. The van der Waals surface area contributed by atoms with E-state index in [4.69, 9.17) is 10.2 Å². The molecule has 1 aliphatic carbocycles. The maximum Gasteiger partial charge on any atom is 0.251 e. The first-order chi connectivity index (χ1) is 5.41. The van der Waals surface area contributed by atoms with Crippen LogP contribution in [0.5, 0.6) is 0 Å². The van der Waals surface area contributed by atoms with E-state index in [0.29, 0.717) is 12.8 Å². The van der Waals surface area contributed by atoms with Gasteiger partial charge in [0.1, 0.15) is 0 Å². The van der Waals surface area contributed by atoms with Gasteiger partial charge in [0.2, 0.25) is 0 Å². The van der Waals surface area contributed by atoms with E-state index in [2.05, 4.69) is 0 Å². The predicted molar refractivity (Wildman–Crippen MR) is 40.0 cm³/mol. The van der Waals surface area contributed by atoms with Crippen LogP contribution in [0.15, 0.2) is 0 Å². The van der Waals surface area contributed by atoms with Gasteiger partial charge in [0.15, 0.2) is 0 Å². The number of rotatable bonds is 4. The lowest BCUT2D eigenvalue weighted by atomic mass is 9.92. The van der Waals surface area contributed by atoms with Gasteiger partial charge in [0.05, 0.1) is 12.7 Å². The fourth-order valence-corrected chi connectivity index (χ4v) is 1.49. The Labute approximate surface area is 70.2 Å². The monoisotopic (exact) mass is 180 g/mol. The first-order valence-corrected chi connectivity index (χ1v) is 4.08. The second-order valence-electron chi connectivity index (χ2n) is 3.71. The Kier molecular flexibility index (Phi) is 2.40. The standard InChI is InChI=1S/C8H14F2O2/c1-7(9,10)8(2-3-8)4-6(12)5-11/h6,11-12H,2-5H2,1H3. The van der Waals surface area contributed by atoms with Gasteiger partial charge in [-0.1, -0.05) is 0 Å². The maximum absolute atomic E-state index is 12.9. The van der Waals surface area contributed by atoms with Gasteiger partial charge in [-0.05, 0) is 26.2 Å². The average molecular weight is 180 g/mol. The minimum absolute atomic E-state index is 0.00694. The number of hydrogen-bond acceptors (Lipinski definition) is 2. The molecule has 1 saturated carbocycles. The highest BCUT2D eigenvalue weighted by molar-refractivity contribution is 5.02. The Morgan fingerprint density at radius 3 is 2.25 bits per heavy atom. The van der Waals surface area contributed by atoms with E-state index >= 15 is 0 Å². The number of aliphatic hydroxyl groups is 2. The summed E-state index contributed by atoms with van der Waals surface area (Å²) >= 11 is 0. The fraction of sp³-hybridized carbons (Fsp3) is 1.00. The van der Waals surface area contributed by atoms with Crippen molar-refractivity contribution < 1.29 is 19.0 Å². The molecule has 2 N–H and O–H groups in total. The van der Waals surface area contributed by atoms with Crippen LogP contribution in [0.4, 0.5) is 8.78 Å². The van der Waals surface area contributed by atoms with Crippen molar-refractivity contribution in [3.8, 4) is 0 Å². The van der Waals surface area contributed by atoms with Crippen LogP contribution in [0, 0.1) is 5.41 Å². The van der Waals surface area contributed by atoms with E-state index in [1.807, 2.05) is 0 Å². The van der Waals surface area contributed by atoms with E-state index in [9.17, 15) is 8.78 Å². The van der Waals surface area contributed by atoms with E-state index in [0.717, 1.165) is 6.92 Å². The molecule has 0 aliphatic heterocycles. The van der Waals surface area contributed by atoms with Crippen LogP contribution in [-0.4, -0.2) is 28.8 Å². The smallest absolute Gasteiger partial charge is 0.251 e. The highest BCUT2D eigenvalue weighted by Gasteiger charge is 2.59. The third-order valence-corrected chi connectivity index (χ3v) is 2.62. The van der Waals surface area contributed by atoms with E-state index in [1.54, 1.807) is 0 Å². The third-order valence-electron chi connectivity index (χ3n) is 2.62. The van der Waals surface area contributed by atoms with Gasteiger partial charge >= 0.3 is 0 Å². The van der Waals surface area contributed by atoms with Crippen molar-refractivity contribution in [2.45, 2.75) is 38.2 Å². The minimum Gasteiger partial charge on any atom is -0.394 e. The van der Waals surface area contributed by atoms with Gasteiger partial charge in [-0.25, -0.2) is 8.78 Å². The van der Waals surface area contributed by atoms with Crippen LogP contribution < -0.4 is 0 Å². The molecule has 0 aromatic carbocycles. The molecular weight excluding hydrogens is 166 g/mol. The SMILES string of the molecule is CC(F)(F)C1(CC(O)CO)CC1. The normalized spacial score (nSPS) is 23.8. The Bertz CT molecular complexity index is 161. The molecule has 4 heteroatoms. The summed E-state index contributed by atoms with van der Waals surface area (Å²) in [5.74, 6) is -2.73. The van der Waals surface area contributed by atoms with Crippen molar-refractivity contribution in [3.05, 3.63) is 0 Å². The van der Waals surface area contributed by atoms with Crippen LogP contribution in [0.3, 0.4) is 0 Å². The second kappa shape index (κ2) is 2.92. The molecule has 1 fully saturated rings. The molecule has 12 heavy (non-hydrogen) atoms. The number of hydrogen-bond donors (Lipinski definition) is 2. The first kappa shape index (κ1) is 9.86. The predicted octanol–water partition coefficient (Wildman–Crippen LogP) is 1.17. The molecule has 1 atom stereocenters. The molecular formula is C8H14F2O2. The van der Waals surface area contributed by atoms with Gasteiger partial charge in [0, 0.05) is 5.41 Å². The van der Waals surface area contributed by atoms with Gasteiger partial charge in [-0.3, -0.25) is 0 Å². The zero-order valence-electron chi connectivity index (χ0n) is 7.06. The fourth-order valence-electron chi connectivity index (χ4n) is 1.49. The van der Waals surface area contributed by atoms with E-state index < -0.39 is 24.0 Å². The van der Waals surface area contributed by atoms with Crippen molar-refractivity contribution in [1.82, 2.24) is 0 Å². The lowest BCUT2D eigenvalue weighted by Crippen LogP contribution is -2.31. The van der Waals surface area contributed by atoms with Crippen LogP contribution >= 0.6 is 0 Å². The summed E-state index contributed by atoms with van der Waals surface area (Å²) < 4.78 is 25.7. The lowest BCUT2D eigenvalue weighted by molar-refractivity contribution is -0.0768. The van der Waals surface area contributed by atoms with Crippen molar-refractivity contribution in [2.75, 3.05) is 6.61 Å². The highest BCUT2D eigenvalue weighted by atomic mass is 19.3. The zero-order valence-corrected chi connectivity index (χ0v) is 7.06. The molecule has 72 valence electrons. The Balaban J connectivity index is 2.51. The lowest BCUT2D eigenvalue weighted by Gasteiger charge is -2.24. The van der Waals surface area contributed by atoms with Gasteiger partial charge < -0.3 is 10.2 Å². The van der Waals surface area contributed by atoms with Gasteiger partial charge in [-0.2, -0.15) is 0 Å². The van der Waals surface area contributed by atoms with Gasteiger partial charge in [-0.15, -0.1) is 0 Å². The molecule has 0 saturated heterocycles. The molecule has 1 rings (SSSR count). The molecule has 0 aromatic heterocycles. The molecule has 1 aliphatic rings. The Morgan fingerprint density at radius 2 is 2.00 bits per heavy atom. The summed E-state index contributed by atoms with van der Waals surface area (Å²) in [5.41, 5.74) is -1.03. The van der Waals surface area contributed by atoms with E-state index in [1.165, 1.54) is 0 Å². The minimum atomic E-state index is -2.73. The van der Waals surface area contributed by atoms with E-state index in [-0.39, 0.29) is 6.42 Å². The van der Waals surface area contributed by atoms with Gasteiger partial charge in [0.25, 0.3) is 5.92 Å². The van der Waals surface area contributed by atoms with Crippen LogP contribution in [0.1, 0.15) is 26.2 Å². The summed E-state index contributed by atoms with van der Waals surface area (Å²) in [5, 5.41) is 17.5. The first-order valence-electron chi connectivity index (χ1n) is 4.08. The number of halogens is 2. The van der Waals surface area contributed by atoms with Crippen molar-refractivity contribution in [2.24, 2.45) is 5.41 Å². The molecule has 0 radical (unpaired) electrons. The summed E-state index contributed by atoms with van der Waals surface area (Å²) in [6.07, 6.45) is -0.0907. The molecule has 0 heterocycles. The summed E-state index contributed by atoms with van der Waals surface area (Å²) in [7, 11) is 0. The molecule has 0 bridgehead atoms. The molecule has 1 unspecified atom stereocenters. The summed E-state index contributed by atoms with van der Waals surface area (Å²) in [4.78, 5) is 0. The molecule has 0 aromatic rings. The number of aliphatic hydroxyl groups excluding tert-OH is 2. The summed E-state index contributed by atoms with van der Waals surface area (Å²) in [6.45, 7) is 0.446. The Hall–Kier alpha value is -0.220. The van der Waals surface area contributed by atoms with Crippen molar-refractivity contribution in [3.63, 3.8) is 0 Å². The largest absolute Gasteiger partial charge is 0.394 e. The quantitative estimate of drug-likeness (QED) is 0.681. The molecule has 2 nitrogen and oxygen atoms in total. The highest BCUT2D eigenvalue weighted by Crippen LogP contribution is 2.59. The zero-order chi connectivity index (χ0) is 9.41. The van der Waals surface area contributed by atoms with Crippen LogP contribution in [0.25, 0.3) is 0 Å². The van der Waals surface area contributed by atoms with Crippen molar-refractivity contribution >= 4 is 0 Å². The third kappa shape index (κ3) is 1.75.